The second-order valence-electron chi connectivity index (χ2n) is 4.78. The maximum absolute atomic E-state index is 9.87. The first kappa shape index (κ1) is 11.4. The third-order valence-electron chi connectivity index (χ3n) is 3.56. The van der Waals surface area contributed by atoms with E-state index in [1.165, 1.54) is 32.1 Å². The summed E-state index contributed by atoms with van der Waals surface area (Å²) in [6.45, 7) is 2.00. The highest BCUT2D eigenvalue weighted by atomic mass is 16.5. The van der Waals surface area contributed by atoms with Crippen LogP contribution < -0.4 is 0 Å². The molecule has 3 nitrogen and oxygen atoms in total. The lowest BCUT2D eigenvalue weighted by Gasteiger charge is -2.24. The Bertz CT molecular complexity index is 172. The Balaban J connectivity index is 1.63. The summed E-state index contributed by atoms with van der Waals surface area (Å²) in [4.78, 5) is 0. The van der Waals surface area contributed by atoms with Gasteiger partial charge in [0.25, 0.3) is 0 Å². The molecule has 0 aromatic rings. The lowest BCUT2D eigenvalue weighted by atomic mass is 9.97. The summed E-state index contributed by atoms with van der Waals surface area (Å²) >= 11 is 0. The quantitative estimate of drug-likeness (QED) is 0.774. The molecule has 0 aromatic carbocycles. The van der Waals surface area contributed by atoms with Crippen LogP contribution >= 0.6 is 0 Å². The summed E-state index contributed by atoms with van der Waals surface area (Å²) in [5.41, 5.74) is 0. The van der Waals surface area contributed by atoms with E-state index in [-0.39, 0.29) is 6.10 Å². The molecule has 0 spiro atoms. The van der Waals surface area contributed by atoms with Gasteiger partial charge in [-0.3, -0.25) is 0 Å². The molecule has 1 N–H and O–H groups in total. The topological polar surface area (TPSA) is 38.7 Å². The van der Waals surface area contributed by atoms with E-state index in [1.54, 1.807) is 0 Å². The van der Waals surface area contributed by atoms with Crippen LogP contribution in [0.4, 0.5) is 0 Å². The van der Waals surface area contributed by atoms with Crippen LogP contribution in [0.15, 0.2) is 0 Å². The Morgan fingerprint density at radius 3 is 2.67 bits per heavy atom. The van der Waals surface area contributed by atoms with Crippen LogP contribution in [-0.2, 0) is 9.47 Å². The molecule has 3 heteroatoms. The minimum Gasteiger partial charge on any atom is -0.390 e. The fourth-order valence-electron chi connectivity index (χ4n) is 2.46. The minimum absolute atomic E-state index is 0.300. The van der Waals surface area contributed by atoms with Crippen molar-refractivity contribution in [1.29, 1.82) is 0 Å². The zero-order valence-electron chi connectivity index (χ0n) is 9.36. The van der Waals surface area contributed by atoms with E-state index in [4.69, 9.17) is 9.47 Å². The van der Waals surface area contributed by atoms with Gasteiger partial charge in [-0.2, -0.15) is 0 Å². The maximum atomic E-state index is 9.87. The predicted molar refractivity (Wildman–Crippen MR) is 57.8 cm³/mol. The van der Waals surface area contributed by atoms with Crippen molar-refractivity contribution in [1.82, 2.24) is 0 Å². The van der Waals surface area contributed by atoms with Crippen LogP contribution in [0.3, 0.4) is 0 Å². The largest absolute Gasteiger partial charge is 0.390 e. The molecule has 88 valence electrons. The van der Waals surface area contributed by atoms with Crippen LogP contribution in [0, 0.1) is 5.92 Å². The van der Waals surface area contributed by atoms with Crippen molar-refractivity contribution in [3.05, 3.63) is 0 Å². The van der Waals surface area contributed by atoms with Gasteiger partial charge in [-0.05, 0) is 19.3 Å². The second kappa shape index (κ2) is 5.83. The number of hydrogen-bond donors (Lipinski definition) is 1. The molecular formula is C12H22O3. The smallest absolute Gasteiger partial charge is 0.0824 e. The van der Waals surface area contributed by atoms with Crippen LogP contribution in [0.5, 0.6) is 0 Å². The number of ether oxygens (including phenoxy) is 2. The number of hydrogen-bond acceptors (Lipinski definition) is 3. The van der Waals surface area contributed by atoms with E-state index in [9.17, 15) is 5.11 Å². The fourth-order valence-corrected chi connectivity index (χ4v) is 2.46. The molecule has 1 saturated heterocycles. The summed E-state index contributed by atoms with van der Waals surface area (Å²) < 4.78 is 11.0. The molecule has 1 aliphatic carbocycles. The average Bonchev–Trinajstić information content (AvgIpc) is 2.81. The summed E-state index contributed by atoms with van der Waals surface area (Å²) in [7, 11) is 0. The third kappa shape index (κ3) is 3.44. The van der Waals surface area contributed by atoms with Crippen molar-refractivity contribution >= 4 is 0 Å². The van der Waals surface area contributed by atoms with E-state index in [0.29, 0.717) is 25.2 Å². The fraction of sp³-hybridized carbons (Fsp3) is 1.00. The standard InChI is InChI=1S/C12H22O3/c13-12(10-6-7-14-8-10)9-15-11-4-2-1-3-5-11/h10-13H,1-9H2. The summed E-state index contributed by atoms with van der Waals surface area (Å²) in [6.07, 6.45) is 7.32. The number of rotatable bonds is 4. The first-order chi connectivity index (χ1) is 7.36. The van der Waals surface area contributed by atoms with Crippen molar-refractivity contribution in [3.63, 3.8) is 0 Å². The van der Waals surface area contributed by atoms with E-state index < -0.39 is 0 Å². The molecular weight excluding hydrogens is 192 g/mol. The monoisotopic (exact) mass is 214 g/mol. The normalized spacial score (nSPS) is 30.6. The predicted octanol–water partition coefficient (Wildman–Crippen LogP) is 1.73. The van der Waals surface area contributed by atoms with E-state index in [2.05, 4.69) is 0 Å². The lowest BCUT2D eigenvalue weighted by Crippen LogP contribution is -2.29. The van der Waals surface area contributed by atoms with Crippen molar-refractivity contribution in [2.75, 3.05) is 19.8 Å². The van der Waals surface area contributed by atoms with Crippen molar-refractivity contribution in [3.8, 4) is 0 Å². The van der Waals surface area contributed by atoms with Gasteiger partial charge in [0.1, 0.15) is 0 Å². The van der Waals surface area contributed by atoms with Crippen LogP contribution in [0.25, 0.3) is 0 Å². The summed E-state index contributed by atoms with van der Waals surface area (Å²) in [5.74, 6) is 0.300. The Morgan fingerprint density at radius 1 is 1.20 bits per heavy atom. The molecule has 15 heavy (non-hydrogen) atoms. The van der Waals surface area contributed by atoms with Crippen molar-refractivity contribution < 1.29 is 14.6 Å². The zero-order valence-corrected chi connectivity index (χ0v) is 9.36. The van der Waals surface area contributed by atoms with Crippen molar-refractivity contribution in [2.45, 2.75) is 50.7 Å². The zero-order chi connectivity index (χ0) is 10.5. The summed E-state index contributed by atoms with van der Waals surface area (Å²) in [5, 5.41) is 9.87. The molecule has 1 heterocycles. The van der Waals surface area contributed by atoms with E-state index >= 15 is 0 Å². The minimum atomic E-state index is -0.325. The molecule has 0 aromatic heterocycles. The molecule has 1 saturated carbocycles. The maximum Gasteiger partial charge on any atom is 0.0824 e. The molecule has 2 aliphatic rings. The third-order valence-corrected chi connectivity index (χ3v) is 3.56. The SMILES string of the molecule is OC(COC1CCCCC1)C1CCOC1. The van der Waals surface area contributed by atoms with Crippen LogP contribution in [0.1, 0.15) is 38.5 Å². The second-order valence-corrected chi connectivity index (χ2v) is 4.78. The van der Waals surface area contributed by atoms with Gasteiger partial charge in [0.15, 0.2) is 0 Å². The van der Waals surface area contributed by atoms with Gasteiger partial charge in [-0.1, -0.05) is 19.3 Å². The molecule has 1 aliphatic heterocycles. The highest BCUT2D eigenvalue weighted by molar-refractivity contribution is 4.73. The van der Waals surface area contributed by atoms with E-state index in [1.807, 2.05) is 0 Å². The molecule has 0 amide bonds. The molecule has 2 unspecified atom stereocenters. The number of aliphatic hydroxyl groups is 1. The Morgan fingerprint density at radius 2 is 2.00 bits per heavy atom. The molecule has 0 radical (unpaired) electrons. The Kier molecular flexibility index (Phi) is 4.42. The molecule has 0 bridgehead atoms. The first-order valence-electron chi connectivity index (χ1n) is 6.23. The first-order valence-corrected chi connectivity index (χ1v) is 6.23. The number of aliphatic hydroxyl groups excluding tert-OH is 1. The summed E-state index contributed by atoms with van der Waals surface area (Å²) in [6, 6.07) is 0. The van der Waals surface area contributed by atoms with Gasteiger partial charge >= 0.3 is 0 Å². The molecule has 2 rings (SSSR count). The lowest BCUT2D eigenvalue weighted by molar-refractivity contribution is -0.0433. The van der Waals surface area contributed by atoms with Gasteiger partial charge in [-0.25, -0.2) is 0 Å². The van der Waals surface area contributed by atoms with Crippen molar-refractivity contribution in [2.24, 2.45) is 5.92 Å². The molecule has 2 atom stereocenters. The van der Waals surface area contributed by atoms with E-state index in [0.717, 1.165) is 13.0 Å². The Hall–Kier alpha value is -0.120. The van der Waals surface area contributed by atoms with Gasteiger partial charge in [0, 0.05) is 12.5 Å². The molecule has 2 fully saturated rings. The van der Waals surface area contributed by atoms with Gasteiger partial charge in [0.2, 0.25) is 0 Å². The van der Waals surface area contributed by atoms with Crippen LogP contribution in [-0.4, -0.2) is 37.1 Å². The van der Waals surface area contributed by atoms with Gasteiger partial charge in [0.05, 0.1) is 25.4 Å². The highest BCUT2D eigenvalue weighted by Crippen LogP contribution is 2.22. The van der Waals surface area contributed by atoms with Gasteiger partial charge in [-0.15, -0.1) is 0 Å². The average molecular weight is 214 g/mol. The Labute approximate surface area is 91.8 Å². The van der Waals surface area contributed by atoms with Crippen LogP contribution in [0.2, 0.25) is 0 Å². The van der Waals surface area contributed by atoms with Gasteiger partial charge < -0.3 is 14.6 Å². The highest BCUT2D eigenvalue weighted by Gasteiger charge is 2.25.